The number of pyridine rings is 1. The van der Waals surface area contributed by atoms with Crippen LogP contribution in [0.3, 0.4) is 0 Å². The van der Waals surface area contributed by atoms with Crippen LogP contribution in [0.1, 0.15) is 26.2 Å². The van der Waals surface area contributed by atoms with Crippen molar-refractivity contribution in [1.29, 1.82) is 0 Å². The molecule has 0 unspecified atom stereocenters. The van der Waals surface area contributed by atoms with Gasteiger partial charge < -0.3 is 15.3 Å². The van der Waals surface area contributed by atoms with Crippen LogP contribution in [0.15, 0.2) is 12.1 Å². The van der Waals surface area contributed by atoms with Gasteiger partial charge in [0, 0.05) is 26.2 Å². The van der Waals surface area contributed by atoms with Crippen molar-refractivity contribution in [1.82, 2.24) is 4.98 Å². The van der Waals surface area contributed by atoms with Gasteiger partial charge in [-0.1, -0.05) is 6.92 Å². The number of hydrogen-bond acceptors (Lipinski definition) is 6. The van der Waals surface area contributed by atoms with Gasteiger partial charge in [0.05, 0.1) is 11.0 Å². The molecule has 116 valence electrons. The van der Waals surface area contributed by atoms with Crippen molar-refractivity contribution in [2.75, 3.05) is 30.4 Å². The molecule has 0 radical (unpaired) electrons. The molecule has 2 rings (SSSR count). The normalized spacial score (nSPS) is 20.7. The van der Waals surface area contributed by atoms with Crippen molar-refractivity contribution in [3.63, 3.8) is 0 Å². The lowest BCUT2D eigenvalue weighted by Gasteiger charge is -2.34. The number of rotatable bonds is 7. The van der Waals surface area contributed by atoms with Gasteiger partial charge in [-0.15, -0.1) is 0 Å². The van der Waals surface area contributed by atoms with Gasteiger partial charge in [-0.05, 0) is 31.2 Å². The first kappa shape index (κ1) is 15.5. The Morgan fingerprint density at radius 1 is 1.52 bits per heavy atom. The fraction of sp³-hybridized carbons (Fsp3) is 0.643. The molecule has 0 bridgehead atoms. The summed E-state index contributed by atoms with van der Waals surface area (Å²) in [5.74, 6) is 1.40. The number of aliphatic hydroxyl groups excluding tert-OH is 1. The first-order valence-electron chi connectivity index (χ1n) is 7.29. The summed E-state index contributed by atoms with van der Waals surface area (Å²) in [6, 6.07) is 3.13. The summed E-state index contributed by atoms with van der Waals surface area (Å²) in [5, 5.41) is 23.6. The summed E-state index contributed by atoms with van der Waals surface area (Å²) in [6.07, 6.45) is 2.26. The zero-order valence-corrected chi connectivity index (χ0v) is 12.5. The Balaban J connectivity index is 2.14. The van der Waals surface area contributed by atoms with E-state index in [4.69, 9.17) is 0 Å². The van der Waals surface area contributed by atoms with Crippen LogP contribution in [-0.4, -0.2) is 41.3 Å². The molecule has 1 saturated carbocycles. The Labute approximate surface area is 124 Å². The summed E-state index contributed by atoms with van der Waals surface area (Å²) in [6.45, 7) is 3.50. The maximum Gasteiger partial charge on any atom is 0.311 e. The molecule has 0 saturated heterocycles. The van der Waals surface area contributed by atoms with E-state index in [1.165, 1.54) is 6.07 Å². The van der Waals surface area contributed by atoms with Crippen molar-refractivity contribution in [2.24, 2.45) is 5.92 Å². The highest BCUT2D eigenvalue weighted by Crippen LogP contribution is 2.32. The van der Waals surface area contributed by atoms with Crippen molar-refractivity contribution in [3.05, 3.63) is 22.2 Å². The smallest absolute Gasteiger partial charge is 0.311 e. The van der Waals surface area contributed by atoms with Gasteiger partial charge in [-0.25, -0.2) is 4.98 Å². The minimum absolute atomic E-state index is 0.0134. The van der Waals surface area contributed by atoms with Gasteiger partial charge in [-0.2, -0.15) is 0 Å². The lowest BCUT2D eigenvalue weighted by Crippen LogP contribution is -2.37. The largest absolute Gasteiger partial charge is 0.393 e. The molecule has 1 heterocycles. The van der Waals surface area contributed by atoms with Gasteiger partial charge >= 0.3 is 5.69 Å². The predicted molar refractivity (Wildman–Crippen MR) is 81.7 cm³/mol. The number of hydrogen-bond donors (Lipinski definition) is 2. The summed E-state index contributed by atoms with van der Waals surface area (Å²) in [5.41, 5.74) is 0.0134. The van der Waals surface area contributed by atoms with Crippen LogP contribution < -0.4 is 10.2 Å². The van der Waals surface area contributed by atoms with E-state index in [1.54, 1.807) is 6.07 Å². The van der Waals surface area contributed by atoms with E-state index in [2.05, 4.69) is 10.3 Å². The standard InChI is InChI=1S/C14H22N4O3/c1-3-6-15-13-5-4-12(18(20)21)14(16-13)17(2)9-10-7-11(19)8-10/h4-5,10-11,19H,3,6-9H2,1-2H3,(H,15,16). The molecule has 7 heteroatoms. The van der Waals surface area contributed by atoms with E-state index in [0.29, 0.717) is 24.1 Å². The van der Waals surface area contributed by atoms with Crippen molar-refractivity contribution < 1.29 is 10.0 Å². The van der Waals surface area contributed by atoms with Gasteiger partial charge in [0.25, 0.3) is 0 Å². The minimum atomic E-state index is -0.405. The zero-order chi connectivity index (χ0) is 15.4. The van der Waals surface area contributed by atoms with E-state index in [9.17, 15) is 15.2 Å². The Morgan fingerprint density at radius 2 is 2.24 bits per heavy atom. The predicted octanol–water partition coefficient (Wildman–Crippen LogP) is 2.02. The Bertz CT molecular complexity index is 503. The number of nitrogens with zero attached hydrogens (tertiary/aromatic N) is 3. The molecule has 0 atom stereocenters. The van der Waals surface area contributed by atoms with E-state index in [0.717, 1.165) is 25.8 Å². The van der Waals surface area contributed by atoms with E-state index in [-0.39, 0.29) is 11.8 Å². The quantitative estimate of drug-likeness (QED) is 0.590. The molecule has 1 aromatic rings. The molecule has 1 aromatic heterocycles. The molecule has 1 aliphatic carbocycles. The average Bonchev–Trinajstić information content (AvgIpc) is 2.42. The van der Waals surface area contributed by atoms with E-state index in [1.807, 2.05) is 18.9 Å². The number of aliphatic hydroxyl groups is 1. The maximum atomic E-state index is 11.2. The second kappa shape index (κ2) is 6.71. The minimum Gasteiger partial charge on any atom is -0.393 e. The van der Waals surface area contributed by atoms with Crippen LogP contribution in [0.4, 0.5) is 17.3 Å². The van der Waals surface area contributed by atoms with Crippen LogP contribution >= 0.6 is 0 Å². The van der Waals surface area contributed by atoms with Crippen molar-refractivity contribution in [3.8, 4) is 0 Å². The molecule has 2 N–H and O–H groups in total. The molecular formula is C14H22N4O3. The third kappa shape index (κ3) is 3.81. The lowest BCUT2D eigenvalue weighted by molar-refractivity contribution is -0.384. The van der Waals surface area contributed by atoms with Gasteiger partial charge in [0.2, 0.25) is 5.82 Å². The fourth-order valence-corrected chi connectivity index (χ4v) is 2.54. The van der Waals surface area contributed by atoms with Crippen molar-refractivity contribution in [2.45, 2.75) is 32.3 Å². The Kier molecular flexibility index (Phi) is 4.95. The fourth-order valence-electron chi connectivity index (χ4n) is 2.54. The second-order valence-electron chi connectivity index (χ2n) is 5.59. The van der Waals surface area contributed by atoms with Gasteiger partial charge in [0.15, 0.2) is 0 Å². The lowest BCUT2D eigenvalue weighted by atomic mass is 9.82. The Hall–Kier alpha value is -1.89. The number of nitro groups is 1. The Morgan fingerprint density at radius 3 is 2.81 bits per heavy atom. The second-order valence-corrected chi connectivity index (χ2v) is 5.59. The number of nitrogens with one attached hydrogen (secondary N) is 1. The van der Waals surface area contributed by atoms with Crippen LogP contribution in [0, 0.1) is 16.0 Å². The van der Waals surface area contributed by atoms with E-state index < -0.39 is 4.92 Å². The van der Waals surface area contributed by atoms with Crippen LogP contribution in [0.2, 0.25) is 0 Å². The van der Waals surface area contributed by atoms with Crippen LogP contribution in [-0.2, 0) is 0 Å². The van der Waals surface area contributed by atoms with Crippen LogP contribution in [0.5, 0.6) is 0 Å². The maximum absolute atomic E-state index is 11.2. The molecule has 1 fully saturated rings. The molecule has 0 spiro atoms. The highest BCUT2D eigenvalue weighted by molar-refractivity contribution is 5.61. The molecular weight excluding hydrogens is 272 g/mol. The molecule has 0 aliphatic heterocycles. The highest BCUT2D eigenvalue weighted by Gasteiger charge is 2.30. The molecule has 0 amide bonds. The molecule has 0 aromatic carbocycles. The van der Waals surface area contributed by atoms with Crippen molar-refractivity contribution >= 4 is 17.3 Å². The summed E-state index contributed by atoms with van der Waals surface area (Å²) >= 11 is 0. The molecule has 7 nitrogen and oxygen atoms in total. The highest BCUT2D eigenvalue weighted by atomic mass is 16.6. The molecule has 21 heavy (non-hydrogen) atoms. The summed E-state index contributed by atoms with van der Waals surface area (Å²) in [7, 11) is 1.81. The first-order valence-corrected chi connectivity index (χ1v) is 7.29. The van der Waals surface area contributed by atoms with Crippen LogP contribution in [0.25, 0.3) is 0 Å². The third-order valence-corrected chi connectivity index (χ3v) is 3.71. The average molecular weight is 294 g/mol. The number of aromatic nitrogens is 1. The third-order valence-electron chi connectivity index (χ3n) is 3.71. The summed E-state index contributed by atoms with van der Waals surface area (Å²) in [4.78, 5) is 16.9. The first-order chi connectivity index (χ1) is 10.0. The SMILES string of the molecule is CCCNc1ccc([N+](=O)[O-])c(N(C)CC2CC(O)C2)n1. The van der Waals surface area contributed by atoms with Gasteiger partial charge in [0.1, 0.15) is 5.82 Å². The zero-order valence-electron chi connectivity index (χ0n) is 12.5. The molecule has 1 aliphatic rings. The topological polar surface area (TPSA) is 91.5 Å². The van der Waals surface area contributed by atoms with E-state index >= 15 is 0 Å². The van der Waals surface area contributed by atoms with Gasteiger partial charge in [-0.3, -0.25) is 10.1 Å². The summed E-state index contributed by atoms with van der Waals surface area (Å²) < 4.78 is 0. The number of anilines is 2. The monoisotopic (exact) mass is 294 g/mol.